The van der Waals surface area contributed by atoms with Gasteiger partial charge in [-0.2, -0.15) is 5.10 Å². The van der Waals surface area contributed by atoms with Gasteiger partial charge in [-0.15, -0.1) is 0 Å². The van der Waals surface area contributed by atoms with E-state index in [4.69, 9.17) is 0 Å². The molecule has 24 heavy (non-hydrogen) atoms. The Labute approximate surface area is 140 Å². The molecule has 0 radical (unpaired) electrons. The van der Waals surface area contributed by atoms with E-state index in [1.807, 2.05) is 17.7 Å². The minimum Gasteiger partial charge on any atom is -0.481 e. The van der Waals surface area contributed by atoms with Gasteiger partial charge in [0.15, 0.2) is 0 Å². The van der Waals surface area contributed by atoms with E-state index >= 15 is 0 Å². The molecule has 0 saturated carbocycles. The second-order valence-electron chi connectivity index (χ2n) is 6.59. The van der Waals surface area contributed by atoms with E-state index in [2.05, 4.69) is 18.9 Å². The molecule has 0 saturated heterocycles. The number of anilines is 1. The molecule has 1 aliphatic heterocycles. The van der Waals surface area contributed by atoms with Gasteiger partial charge in [0.25, 0.3) is 5.91 Å². The fourth-order valence-electron chi connectivity index (χ4n) is 3.14. The molecular weight excluding hydrogens is 306 g/mol. The van der Waals surface area contributed by atoms with Crippen LogP contribution in [0.5, 0.6) is 0 Å². The summed E-state index contributed by atoms with van der Waals surface area (Å²) in [6, 6.07) is 7.19. The predicted octanol–water partition coefficient (Wildman–Crippen LogP) is 2.68. The van der Waals surface area contributed by atoms with Crippen molar-refractivity contribution in [2.24, 2.45) is 5.92 Å². The van der Waals surface area contributed by atoms with Crippen LogP contribution in [0, 0.1) is 12.8 Å². The number of carboxylic acids is 1. The molecule has 2 heterocycles. The van der Waals surface area contributed by atoms with Crippen LogP contribution >= 0.6 is 0 Å². The molecule has 2 aromatic rings. The van der Waals surface area contributed by atoms with E-state index in [1.54, 1.807) is 29.3 Å². The van der Waals surface area contributed by atoms with Gasteiger partial charge in [0.1, 0.15) is 5.92 Å². The van der Waals surface area contributed by atoms with Crippen LogP contribution in [0.15, 0.2) is 30.5 Å². The zero-order valence-electron chi connectivity index (χ0n) is 14.1. The Hall–Kier alpha value is -2.63. The molecule has 0 fully saturated rings. The lowest BCUT2D eigenvalue weighted by Gasteiger charge is -2.17. The molecule has 0 bridgehead atoms. The second-order valence-corrected chi connectivity index (χ2v) is 6.59. The third-order valence-corrected chi connectivity index (χ3v) is 4.38. The van der Waals surface area contributed by atoms with Gasteiger partial charge in [0, 0.05) is 24.5 Å². The number of carbonyl (C=O) groups is 2. The van der Waals surface area contributed by atoms with Crippen molar-refractivity contribution in [1.82, 2.24) is 9.78 Å². The number of hydrogen-bond acceptors (Lipinski definition) is 3. The molecule has 1 atom stereocenters. The number of aromatic nitrogens is 2. The highest BCUT2D eigenvalue weighted by Crippen LogP contribution is 2.37. The summed E-state index contributed by atoms with van der Waals surface area (Å²) in [5, 5.41) is 13.7. The number of benzene rings is 1. The number of hydrogen-bond donors (Lipinski definition) is 1. The van der Waals surface area contributed by atoms with Gasteiger partial charge < -0.3 is 10.0 Å². The highest BCUT2D eigenvalue weighted by molar-refractivity contribution is 6.09. The number of para-hydroxylation sites is 1. The van der Waals surface area contributed by atoms with Crippen molar-refractivity contribution in [2.75, 3.05) is 11.4 Å². The maximum atomic E-state index is 13.0. The summed E-state index contributed by atoms with van der Waals surface area (Å²) < 4.78 is 1.83. The van der Waals surface area contributed by atoms with Crippen LogP contribution in [-0.2, 0) is 11.3 Å². The van der Waals surface area contributed by atoms with Crippen LogP contribution in [0.4, 0.5) is 5.69 Å². The van der Waals surface area contributed by atoms with Gasteiger partial charge in [-0.3, -0.25) is 14.3 Å². The van der Waals surface area contributed by atoms with Crippen molar-refractivity contribution in [1.29, 1.82) is 0 Å². The largest absolute Gasteiger partial charge is 0.481 e. The van der Waals surface area contributed by atoms with E-state index in [0.29, 0.717) is 22.7 Å². The van der Waals surface area contributed by atoms with Crippen LogP contribution in [0.25, 0.3) is 0 Å². The van der Waals surface area contributed by atoms with Gasteiger partial charge in [0.05, 0.1) is 11.8 Å². The molecule has 1 aromatic carbocycles. The number of carbonyl (C=O) groups excluding carboxylic acids is 1. The Morgan fingerprint density at radius 3 is 2.71 bits per heavy atom. The molecule has 6 heteroatoms. The monoisotopic (exact) mass is 327 g/mol. The number of amides is 1. The van der Waals surface area contributed by atoms with Gasteiger partial charge >= 0.3 is 5.97 Å². The van der Waals surface area contributed by atoms with Crippen molar-refractivity contribution in [3.8, 4) is 0 Å². The van der Waals surface area contributed by atoms with Crippen LogP contribution < -0.4 is 4.90 Å². The molecule has 1 amide bonds. The van der Waals surface area contributed by atoms with Crippen molar-refractivity contribution < 1.29 is 14.7 Å². The Morgan fingerprint density at radius 1 is 1.33 bits per heavy atom. The topological polar surface area (TPSA) is 75.4 Å². The van der Waals surface area contributed by atoms with E-state index in [0.717, 1.165) is 12.2 Å². The lowest BCUT2D eigenvalue weighted by Crippen LogP contribution is -2.31. The van der Waals surface area contributed by atoms with Crippen molar-refractivity contribution >= 4 is 17.6 Å². The predicted molar refractivity (Wildman–Crippen MR) is 90.3 cm³/mol. The first kappa shape index (κ1) is 16.2. The Kier molecular flexibility index (Phi) is 4.13. The number of aliphatic carboxylic acids is 1. The van der Waals surface area contributed by atoms with Crippen molar-refractivity contribution in [3.05, 3.63) is 47.3 Å². The minimum absolute atomic E-state index is 0.155. The third kappa shape index (κ3) is 2.68. The number of rotatable bonds is 4. The molecular formula is C18H21N3O3. The fraction of sp³-hybridized carbons (Fsp3) is 0.389. The van der Waals surface area contributed by atoms with Crippen LogP contribution in [0.3, 0.4) is 0 Å². The fourth-order valence-corrected chi connectivity index (χ4v) is 3.14. The highest BCUT2D eigenvalue weighted by atomic mass is 16.4. The van der Waals surface area contributed by atoms with E-state index in [9.17, 15) is 14.7 Å². The summed E-state index contributed by atoms with van der Waals surface area (Å²) in [6.45, 7) is 6.96. The first-order chi connectivity index (χ1) is 11.4. The second kappa shape index (κ2) is 6.11. The van der Waals surface area contributed by atoms with E-state index in [-0.39, 0.29) is 12.5 Å². The molecule has 1 N–H and O–H groups in total. The first-order valence-corrected chi connectivity index (χ1v) is 8.06. The van der Waals surface area contributed by atoms with Crippen LogP contribution in [0.2, 0.25) is 0 Å². The lowest BCUT2D eigenvalue weighted by atomic mass is 10.0. The summed E-state index contributed by atoms with van der Waals surface area (Å²) in [7, 11) is 0. The third-order valence-electron chi connectivity index (χ3n) is 4.38. The van der Waals surface area contributed by atoms with Gasteiger partial charge in [0.2, 0.25) is 0 Å². The van der Waals surface area contributed by atoms with Crippen LogP contribution in [-0.4, -0.2) is 33.3 Å². The number of fused-ring (bicyclic) bond motifs is 1. The average molecular weight is 327 g/mol. The van der Waals surface area contributed by atoms with E-state index < -0.39 is 11.9 Å². The van der Waals surface area contributed by atoms with Gasteiger partial charge in [-0.25, -0.2) is 0 Å². The maximum absolute atomic E-state index is 13.0. The molecule has 0 spiro atoms. The smallest absolute Gasteiger partial charge is 0.312 e. The Balaban J connectivity index is 1.94. The molecule has 126 valence electrons. The summed E-state index contributed by atoms with van der Waals surface area (Å²) in [6.07, 6.45) is 1.58. The molecule has 1 aromatic heterocycles. The summed E-state index contributed by atoms with van der Waals surface area (Å²) >= 11 is 0. The molecule has 3 rings (SSSR count). The van der Waals surface area contributed by atoms with Gasteiger partial charge in [-0.1, -0.05) is 32.0 Å². The van der Waals surface area contributed by atoms with Crippen molar-refractivity contribution in [3.63, 3.8) is 0 Å². The number of carboxylic acid groups (broad SMARTS) is 1. The quantitative estimate of drug-likeness (QED) is 0.937. The Morgan fingerprint density at radius 2 is 2.04 bits per heavy atom. The standard InChI is InChI=1S/C18H21N3O3/c1-11(2)9-21-12(3)14(8-19-21)17(22)20-10-15(18(23)24)13-6-4-5-7-16(13)20/h4-8,11,15H,9-10H2,1-3H3,(H,23,24). The molecule has 0 aliphatic carbocycles. The zero-order chi connectivity index (χ0) is 17.4. The highest BCUT2D eigenvalue weighted by Gasteiger charge is 2.37. The average Bonchev–Trinajstić information content (AvgIpc) is 3.08. The molecule has 1 aliphatic rings. The maximum Gasteiger partial charge on any atom is 0.312 e. The summed E-state index contributed by atoms with van der Waals surface area (Å²) in [5.41, 5.74) is 2.69. The van der Waals surface area contributed by atoms with Crippen LogP contribution in [0.1, 0.15) is 41.4 Å². The summed E-state index contributed by atoms with van der Waals surface area (Å²) in [4.78, 5) is 26.0. The normalized spacial score (nSPS) is 16.5. The SMILES string of the molecule is Cc1c(C(=O)N2CC(C(=O)O)c3ccccc32)cnn1CC(C)C. The van der Waals surface area contributed by atoms with Crippen molar-refractivity contribution in [2.45, 2.75) is 33.2 Å². The van der Waals surface area contributed by atoms with E-state index in [1.165, 1.54) is 0 Å². The molecule has 1 unspecified atom stereocenters. The minimum atomic E-state index is -0.912. The van der Waals surface area contributed by atoms with Gasteiger partial charge in [-0.05, 0) is 24.5 Å². The Bertz CT molecular complexity index is 795. The zero-order valence-corrected chi connectivity index (χ0v) is 14.1. The first-order valence-electron chi connectivity index (χ1n) is 8.06. The number of nitrogens with zero attached hydrogens (tertiary/aromatic N) is 3. The summed E-state index contributed by atoms with van der Waals surface area (Å²) in [5.74, 6) is -1.37. The molecule has 6 nitrogen and oxygen atoms in total. The lowest BCUT2D eigenvalue weighted by molar-refractivity contribution is -0.138.